The summed E-state index contributed by atoms with van der Waals surface area (Å²) in [6.45, 7) is 4.72. The van der Waals surface area contributed by atoms with Crippen molar-refractivity contribution in [2.24, 2.45) is 4.99 Å². The molecule has 3 nitrogen and oxygen atoms in total. The molecule has 0 bridgehead atoms. The van der Waals surface area contributed by atoms with Crippen LogP contribution in [0.1, 0.15) is 36.8 Å². The standard InChI is InChI=1S/C36H27N3S/c1-36(2)26-14-7-4-11-21(26)24-19-25-22-12-5-8-16-29(22)39(30(25)20-27(24)36)35-37-28-15-10-18-32-33(28)34(38(35)3)23-13-6-9-17-31(23)40-32/h4-20,35H,1-3H3. The number of nitrogens with zero attached hydrogens (tertiary/aromatic N) is 3. The molecule has 0 radical (unpaired) electrons. The van der Waals surface area contributed by atoms with Crippen LogP contribution in [-0.4, -0.2) is 16.5 Å². The van der Waals surface area contributed by atoms with E-state index in [4.69, 9.17) is 4.99 Å². The van der Waals surface area contributed by atoms with Gasteiger partial charge in [0.25, 0.3) is 0 Å². The van der Waals surface area contributed by atoms with Gasteiger partial charge in [-0.15, -0.1) is 0 Å². The molecule has 3 aliphatic rings. The maximum absolute atomic E-state index is 5.46. The SMILES string of the molecule is CN1C2=c3c(cccc3=NC1n1c3ccccc3c3cc4c(cc31)C(C)(C)c1ccccc1-4)Sc1ccccc12. The lowest BCUT2D eigenvalue weighted by Gasteiger charge is -2.36. The van der Waals surface area contributed by atoms with Crippen LogP contribution in [0.5, 0.6) is 0 Å². The minimum Gasteiger partial charge on any atom is -0.334 e. The smallest absolute Gasteiger partial charge is 0.203 e. The van der Waals surface area contributed by atoms with Gasteiger partial charge in [-0.1, -0.05) is 92.3 Å². The molecule has 6 aromatic rings. The Balaban J connectivity index is 1.37. The third-order valence-electron chi connectivity index (χ3n) is 9.20. The lowest BCUT2D eigenvalue weighted by Crippen LogP contribution is -2.44. The van der Waals surface area contributed by atoms with Crippen molar-refractivity contribution in [2.45, 2.75) is 35.3 Å². The Labute approximate surface area is 237 Å². The van der Waals surface area contributed by atoms with Crippen molar-refractivity contribution in [1.29, 1.82) is 0 Å². The summed E-state index contributed by atoms with van der Waals surface area (Å²) in [5.74, 6) is 0. The van der Waals surface area contributed by atoms with Crippen molar-refractivity contribution in [2.75, 3.05) is 7.05 Å². The lowest BCUT2D eigenvalue weighted by atomic mass is 9.82. The zero-order valence-electron chi connectivity index (χ0n) is 22.6. The largest absolute Gasteiger partial charge is 0.334 e. The molecule has 40 heavy (non-hydrogen) atoms. The average Bonchev–Trinajstić information content (AvgIpc) is 3.42. The van der Waals surface area contributed by atoms with Crippen LogP contribution < -0.4 is 10.6 Å². The molecule has 2 aliphatic heterocycles. The molecule has 5 aromatic carbocycles. The third-order valence-corrected chi connectivity index (χ3v) is 10.3. The zero-order chi connectivity index (χ0) is 26.7. The molecule has 0 saturated carbocycles. The fraction of sp³-hybridized carbons (Fsp3) is 0.139. The Kier molecular flexibility index (Phi) is 4.32. The van der Waals surface area contributed by atoms with Crippen molar-refractivity contribution < 1.29 is 0 Å². The molecule has 1 aromatic heterocycles. The molecule has 0 amide bonds. The lowest BCUT2D eigenvalue weighted by molar-refractivity contribution is 0.270. The molecule has 0 N–H and O–H groups in total. The predicted molar refractivity (Wildman–Crippen MR) is 164 cm³/mol. The van der Waals surface area contributed by atoms with Gasteiger partial charge in [-0.25, -0.2) is 4.99 Å². The van der Waals surface area contributed by atoms with E-state index in [9.17, 15) is 0 Å². The van der Waals surface area contributed by atoms with E-state index in [1.54, 1.807) is 0 Å². The van der Waals surface area contributed by atoms with Gasteiger partial charge < -0.3 is 9.47 Å². The first-order chi connectivity index (χ1) is 19.5. The summed E-state index contributed by atoms with van der Waals surface area (Å²) in [5.41, 5.74) is 10.4. The summed E-state index contributed by atoms with van der Waals surface area (Å²) < 4.78 is 2.47. The molecule has 0 fully saturated rings. The maximum Gasteiger partial charge on any atom is 0.203 e. The first kappa shape index (κ1) is 22.5. The Hall–Kier alpha value is -4.28. The van der Waals surface area contributed by atoms with Crippen LogP contribution >= 0.6 is 11.8 Å². The van der Waals surface area contributed by atoms with Gasteiger partial charge in [0.1, 0.15) is 0 Å². The highest BCUT2D eigenvalue weighted by Gasteiger charge is 2.37. The summed E-state index contributed by atoms with van der Waals surface area (Å²) in [6, 6.07) is 38.0. The van der Waals surface area contributed by atoms with Crippen LogP contribution in [0.2, 0.25) is 0 Å². The quantitative estimate of drug-likeness (QED) is 0.219. The summed E-state index contributed by atoms with van der Waals surface area (Å²) in [5, 5.41) is 4.88. The first-order valence-electron chi connectivity index (χ1n) is 13.9. The highest BCUT2D eigenvalue weighted by Crippen LogP contribution is 2.51. The van der Waals surface area contributed by atoms with E-state index in [-0.39, 0.29) is 11.7 Å². The Morgan fingerprint density at radius 3 is 2.33 bits per heavy atom. The van der Waals surface area contributed by atoms with Gasteiger partial charge in [-0.3, -0.25) is 0 Å². The number of para-hydroxylation sites is 1. The molecule has 1 atom stereocenters. The van der Waals surface area contributed by atoms with Gasteiger partial charge in [-0.2, -0.15) is 0 Å². The number of rotatable bonds is 1. The number of hydrogen-bond donors (Lipinski definition) is 0. The van der Waals surface area contributed by atoms with E-state index in [1.165, 1.54) is 70.3 Å². The van der Waals surface area contributed by atoms with Crippen LogP contribution in [0.3, 0.4) is 0 Å². The van der Waals surface area contributed by atoms with Gasteiger partial charge in [0.15, 0.2) is 0 Å². The molecule has 192 valence electrons. The average molecular weight is 534 g/mol. The number of benzene rings is 5. The van der Waals surface area contributed by atoms with Crippen molar-refractivity contribution in [3.05, 3.63) is 130 Å². The monoisotopic (exact) mass is 533 g/mol. The van der Waals surface area contributed by atoms with Crippen LogP contribution in [0.25, 0.3) is 38.6 Å². The highest BCUT2D eigenvalue weighted by molar-refractivity contribution is 7.99. The Bertz CT molecular complexity index is 2200. The fourth-order valence-corrected chi connectivity index (χ4v) is 8.43. The van der Waals surface area contributed by atoms with Crippen molar-refractivity contribution in [3.8, 4) is 11.1 Å². The Morgan fingerprint density at radius 1 is 0.675 bits per heavy atom. The van der Waals surface area contributed by atoms with Crippen LogP contribution in [0.15, 0.2) is 118 Å². The molecule has 1 aliphatic carbocycles. The maximum atomic E-state index is 5.46. The predicted octanol–water partition coefficient (Wildman–Crippen LogP) is 7.44. The molecule has 0 spiro atoms. The third kappa shape index (κ3) is 2.74. The topological polar surface area (TPSA) is 20.5 Å². The normalized spacial score (nSPS) is 17.8. The molecule has 9 rings (SSSR count). The summed E-state index contributed by atoms with van der Waals surface area (Å²) in [6.07, 6.45) is -0.207. The molecular weight excluding hydrogens is 506 g/mol. The van der Waals surface area contributed by atoms with E-state index < -0.39 is 0 Å². The molecule has 1 unspecified atom stereocenters. The van der Waals surface area contributed by atoms with E-state index >= 15 is 0 Å². The summed E-state index contributed by atoms with van der Waals surface area (Å²) in [4.78, 5) is 10.4. The second-order valence-electron chi connectivity index (χ2n) is 11.7. The second kappa shape index (κ2) is 7.67. The minimum atomic E-state index is -0.207. The van der Waals surface area contributed by atoms with Gasteiger partial charge in [0, 0.05) is 43.8 Å². The van der Waals surface area contributed by atoms with E-state index in [1.807, 2.05) is 11.8 Å². The highest BCUT2D eigenvalue weighted by atomic mass is 32.2. The van der Waals surface area contributed by atoms with Gasteiger partial charge in [0.05, 0.1) is 22.1 Å². The van der Waals surface area contributed by atoms with E-state index in [2.05, 4.69) is 133 Å². The van der Waals surface area contributed by atoms with Gasteiger partial charge in [0.2, 0.25) is 6.29 Å². The van der Waals surface area contributed by atoms with Gasteiger partial charge >= 0.3 is 0 Å². The molecule has 3 heterocycles. The first-order valence-corrected chi connectivity index (χ1v) is 14.7. The van der Waals surface area contributed by atoms with Crippen molar-refractivity contribution in [1.82, 2.24) is 9.47 Å². The molecular formula is C36H27N3S. The second-order valence-corrected chi connectivity index (χ2v) is 12.7. The minimum absolute atomic E-state index is 0.0627. The van der Waals surface area contributed by atoms with Crippen LogP contribution in [0.4, 0.5) is 0 Å². The van der Waals surface area contributed by atoms with E-state index in [0.717, 1.165) is 5.36 Å². The number of hydrogen-bond acceptors (Lipinski definition) is 3. The summed E-state index contributed by atoms with van der Waals surface area (Å²) in [7, 11) is 2.21. The van der Waals surface area contributed by atoms with Crippen LogP contribution in [-0.2, 0) is 5.41 Å². The number of aromatic nitrogens is 1. The zero-order valence-corrected chi connectivity index (χ0v) is 23.5. The molecule has 4 heteroatoms. The Morgan fingerprint density at radius 2 is 1.43 bits per heavy atom. The number of fused-ring (bicyclic) bond motifs is 8. The van der Waals surface area contributed by atoms with Crippen molar-refractivity contribution in [3.63, 3.8) is 0 Å². The van der Waals surface area contributed by atoms with Crippen LogP contribution in [0, 0.1) is 0 Å². The molecule has 0 saturated heterocycles. The fourth-order valence-electron chi connectivity index (χ4n) is 7.32. The van der Waals surface area contributed by atoms with Crippen molar-refractivity contribution >= 4 is 39.3 Å². The van der Waals surface area contributed by atoms with E-state index in [0.29, 0.717) is 0 Å². The van der Waals surface area contributed by atoms with Gasteiger partial charge in [-0.05, 0) is 58.7 Å². The summed E-state index contributed by atoms with van der Waals surface area (Å²) >= 11 is 1.85.